The van der Waals surface area contributed by atoms with Crippen LogP contribution in [0.2, 0.25) is 0 Å². The van der Waals surface area contributed by atoms with Gasteiger partial charge in [-0.1, -0.05) is 45.0 Å². The second-order valence-electron chi connectivity index (χ2n) is 5.60. The second kappa shape index (κ2) is 5.66. The number of ketones is 1. The van der Waals surface area contributed by atoms with Gasteiger partial charge in [0.15, 0.2) is 5.78 Å². The molecule has 0 N–H and O–H groups in total. The van der Waals surface area contributed by atoms with Gasteiger partial charge in [-0.05, 0) is 29.4 Å². The van der Waals surface area contributed by atoms with E-state index in [4.69, 9.17) is 4.74 Å². The van der Waals surface area contributed by atoms with E-state index < -0.39 is 0 Å². The molecule has 0 spiro atoms. The van der Waals surface area contributed by atoms with Crippen molar-refractivity contribution in [2.45, 2.75) is 45.6 Å². The molecule has 2 unspecified atom stereocenters. The summed E-state index contributed by atoms with van der Waals surface area (Å²) in [5, 5.41) is 0. The fourth-order valence-electron chi connectivity index (χ4n) is 2.43. The quantitative estimate of drug-likeness (QED) is 0.814. The summed E-state index contributed by atoms with van der Waals surface area (Å²) in [7, 11) is 0. The maximum atomic E-state index is 12.1. The van der Waals surface area contributed by atoms with Crippen LogP contribution in [-0.2, 0) is 16.0 Å². The number of rotatable bonds is 4. The Morgan fingerprint density at radius 1 is 1.33 bits per heavy atom. The van der Waals surface area contributed by atoms with Crippen LogP contribution >= 0.6 is 0 Å². The molecule has 18 heavy (non-hydrogen) atoms. The molecule has 2 heteroatoms. The van der Waals surface area contributed by atoms with E-state index in [-0.39, 0.29) is 11.9 Å². The highest BCUT2D eigenvalue weighted by Crippen LogP contribution is 2.22. The van der Waals surface area contributed by atoms with E-state index in [0.29, 0.717) is 18.3 Å². The van der Waals surface area contributed by atoms with Gasteiger partial charge in [0.05, 0.1) is 0 Å². The van der Waals surface area contributed by atoms with Crippen LogP contribution in [0.25, 0.3) is 0 Å². The van der Waals surface area contributed by atoms with Gasteiger partial charge < -0.3 is 4.74 Å². The summed E-state index contributed by atoms with van der Waals surface area (Å²) in [6, 6.07) is 8.36. The largest absolute Gasteiger partial charge is 0.370 e. The molecule has 1 heterocycles. The van der Waals surface area contributed by atoms with E-state index in [1.807, 2.05) is 0 Å². The van der Waals surface area contributed by atoms with Crippen LogP contribution in [0.5, 0.6) is 0 Å². The average molecular weight is 246 g/mol. The van der Waals surface area contributed by atoms with Gasteiger partial charge >= 0.3 is 0 Å². The molecule has 1 aliphatic rings. The molecule has 1 aromatic carbocycles. The van der Waals surface area contributed by atoms with Gasteiger partial charge in [0, 0.05) is 13.0 Å². The van der Waals surface area contributed by atoms with Crippen molar-refractivity contribution >= 4 is 5.78 Å². The Hall–Kier alpha value is -1.15. The molecule has 2 rings (SSSR count). The number of hydrogen-bond acceptors (Lipinski definition) is 2. The van der Waals surface area contributed by atoms with E-state index in [1.54, 1.807) is 0 Å². The Balaban J connectivity index is 1.98. The molecule has 0 bridgehead atoms. The first-order chi connectivity index (χ1) is 8.58. The predicted octanol–water partition coefficient (Wildman–Crippen LogP) is 3.35. The minimum Gasteiger partial charge on any atom is -0.370 e. The van der Waals surface area contributed by atoms with Gasteiger partial charge in [-0.15, -0.1) is 0 Å². The number of ether oxygens (including phenoxy) is 1. The first-order valence-corrected chi connectivity index (χ1v) is 6.81. The number of hydrogen-bond donors (Lipinski definition) is 0. The molecule has 0 radical (unpaired) electrons. The first-order valence-electron chi connectivity index (χ1n) is 6.81. The van der Waals surface area contributed by atoms with Crippen molar-refractivity contribution in [3.05, 3.63) is 35.4 Å². The molecule has 0 aromatic heterocycles. The van der Waals surface area contributed by atoms with Crippen molar-refractivity contribution in [3.63, 3.8) is 0 Å². The Bertz CT molecular complexity index is 406. The van der Waals surface area contributed by atoms with E-state index in [9.17, 15) is 4.79 Å². The summed E-state index contributed by atoms with van der Waals surface area (Å²) in [5.74, 6) is 1.12. The van der Waals surface area contributed by atoms with E-state index in [1.165, 1.54) is 5.56 Å². The number of benzene rings is 1. The highest BCUT2D eigenvalue weighted by atomic mass is 16.5. The van der Waals surface area contributed by atoms with Crippen molar-refractivity contribution in [2.75, 3.05) is 6.61 Å². The Morgan fingerprint density at radius 3 is 2.50 bits per heavy atom. The van der Waals surface area contributed by atoms with Crippen LogP contribution in [0.4, 0.5) is 0 Å². The summed E-state index contributed by atoms with van der Waals surface area (Å²) < 4.78 is 5.51. The first kappa shape index (κ1) is 13.3. The number of carbonyl (C=O) groups is 1. The third kappa shape index (κ3) is 2.99. The van der Waals surface area contributed by atoms with Crippen molar-refractivity contribution in [2.24, 2.45) is 5.92 Å². The normalized spacial score (nSPS) is 23.6. The van der Waals surface area contributed by atoms with Gasteiger partial charge in [0.25, 0.3) is 0 Å². The molecule has 2 nitrogen and oxygen atoms in total. The number of Topliss-reactive ketones (excluding diaryl/α,β-unsaturated/α-hetero) is 1. The Labute approximate surface area is 109 Å². The summed E-state index contributed by atoms with van der Waals surface area (Å²) in [6.45, 7) is 7.17. The summed E-state index contributed by atoms with van der Waals surface area (Å²) >= 11 is 0. The van der Waals surface area contributed by atoms with Gasteiger partial charge in [-0.25, -0.2) is 0 Å². The highest BCUT2D eigenvalue weighted by Gasteiger charge is 2.30. The van der Waals surface area contributed by atoms with Crippen molar-refractivity contribution in [1.82, 2.24) is 0 Å². The minimum atomic E-state index is -0.185. The third-order valence-corrected chi connectivity index (χ3v) is 3.73. The smallest absolute Gasteiger partial charge is 0.166 e. The topological polar surface area (TPSA) is 26.3 Å². The predicted molar refractivity (Wildman–Crippen MR) is 72.8 cm³/mol. The van der Waals surface area contributed by atoms with Gasteiger partial charge in [0.2, 0.25) is 0 Å². The van der Waals surface area contributed by atoms with Crippen molar-refractivity contribution in [3.8, 4) is 0 Å². The lowest BCUT2D eigenvalue weighted by Gasteiger charge is -2.13. The molecule has 1 aliphatic heterocycles. The van der Waals surface area contributed by atoms with E-state index in [2.05, 4.69) is 45.0 Å². The van der Waals surface area contributed by atoms with Crippen molar-refractivity contribution < 1.29 is 9.53 Å². The Morgan fingerprint density at radius 2 is 2.00 bits per heavy atom. The van der Waals surface area contributed by atoms with E-state index >= 15 is 0 Å². The van der Waals surface area contributed by atoms with Gasteiger partial charge in [0.1, 0.15) is 6.10 Å². The molecule has 0 saturated carbocycles. The zero-order chi connectivity index (χ0) is 13.1. The molecule has 1 fully saturated rings. The lowest BCUT2D eigenvalue weighted by Crippen LogP contribution is -2.26. The standard InChI is InChI=1S/C16H22O2/c1-11(2)14-6-4-13(5-7-14)10-15(17)16-12(3)8-9-18-16/h4-7,11-12,16H,8-10H2,1-3H3. The monoisotopic (exact) mass is 246 g/mol. The van der Waals surface area contributed by atoms with Crippen LogP contribution in [0.15, 0.2) is 24.3 Å². The fraction of sp³-hybridized carbons (Fsp3) is 0.562. The summed E-state index contributed by atoms with van der Waals surface area (Å²) in [4.78, 5) is 12.1. The molecule has 1 saturated heterocycles. The average Bonchev–Trinajstić information content (AvgIpc) is 2.76. The van der Waals surface area contributed by atoms with Crippen LogP contribution in [0.1, 0.15) is 44.2 Å². The molecule has 1 aromatic rings. The fourth-order valence-corrected chi connectivity index (χ4v) is 2.43. The number of carbonyl (C=O) groups excluding carboxylic acids is 1. The minimum absolute atomic E-state index is 0.185. The van der Waals surface area contributed by atoms with Crippen LogP contribution < -0.4 is 0 Å². The Kier molecular flexibility index (Phi) is 4.18. The zero-order valence-corrected chi connectivity index (χ0v) is 11.5. The SMILES string of the molecule is CC(C)c1ccc(CC(=O)C2OCCC2C)cc1. The van der Waals surface area contributed by atoms with Gasteiger partial charge in [-0.3, -0.25) is 4.79 Å². The summed E-state index contributed by atoms with van der Waals surface area (Å²) in [6.07, 6.45) is 1.31. The lowest BCUT2D eigenvalue weighted by molar-refractivity contribution is -0.128. The third-order valence-electron chi connectivity index (χ3n) is 3.73. The van der Waals surface area contributed by atoms with E-state index in [0.717, 1.165) is 18.6 Å². The van der Waals surface area contributed by atoms with Crippen LogP contribution in [0.3, 0.4) is 0 Å². The molecular formula is C16H22O2. The second-order valence-corrected chi connectivity index (χ2v) is 5.60. The molecule has 0 amide bonds. The molecule has 0 aliphatic carbocycles. The van der Waals surface area contributed by atoms with Crippen molar-refractivity contribution in [1.29, 1.82) is 0 Å². The molecule has 98 valence electrons. The molecule has 2 atom stereocenters. The maximum Gasteiger partial charge on any atom is 0.166 e. The van der Waals surface area contributed by atoms with Crippen LogP contribution in [-0.4, -0.2) is 18.5 Å². The highest BCUT2D eigenvalue weighted by molar-refractivity contribution is 5.85. The van der Waals surface area contributed by atoms with Gasteiger partial charge in [-0.2, -0.15) is 0 Å². The summed E-state index contributed by atoms with van der Waals surface area (Å²) in [5.41, 5.74) is 2.41. The maximum absolute atomic E-state index is 12.1. The zero-order valence-electron chi connectivity index (χ0n) is 11.5. The molecular weight excluding hydrogens is 224 g/mol. The van der Waals surface area contributed by atoms with Crippen LogP contribution in [0, 0.1) is 5.92 Å². The lowest BCUT2D eigenvalue weighted by atomic mass is 9.95.